The highest BCUT2D eigenvalue weighted by atomic mass is 16.5. The average Bonchev–Trinajstić information content (AvgIpc) is 3.34. The molecule has 8 nitrogen and oxygen atoms in total. The van der Waals surface area contributed by atoms with E-state index in [-0.39, 0.29) is 12.5 Å². The van der Waals surface area contributed by atoms with Crippen molar-refractivity contribution < 1.29 is 14.3 Å². The van der Waals surface area contributed by atoms with Gasteiger partial charge < -0.3 is 15.4 Å². The molecule has 31 heavy (non-hydrogen) atoms. The molecular formula is C23H19N5O3. The minimum Gasteiger partial charge on any atom is -0.457 e. The Morgan fingerprint density at radius 3 is 2.39 bits per heavy atom. The lowest BCUT2D eigenvalue weighted by atomic mass is 10.2. The van der Waals surface area contributed by atoms with E-state index < -0.39 is 5.91 Å². The van der Waals surface area contributed by atoms with Crippen LogP contribution in [0.4, 0.5) is 5.69 Å². The van der Waals surface area contributed by atoms with Gasteiger partial charge in [-0.25, -0.2) is 9.67 Å². The van der Waals surface area contributed by atoms with Crippen molar-refractivity contribution in [3.05, 3.63) is 97.1 Å². The molecule has 0 aliphatic rings. The van der Waals surface area contributed by atoms with E-state index >= 15 is 0 Å². The van der Waals surface area contributed by atoms with Gasteiger partial charge in [0.05, 0.1) is 17.8 Å². The molecule has 1 heterocycles. The van der Waals surface area contributed by atoms with E-state index in [1.807, 2.05) is 18.2 Å². The van der Waals surface area contributed by atoms with Crippen molar-refractivity contribution in [3.8, 4) is 17.2 Å². The quantitative estimate of drug-likeness (QED) is 0.484. The molecule has 1 aromatic heterocycles. The fraction of sp³-hybridized carbons (Fsp3) is 0.0435. The lowest BCUT2D eigenvalue weighted by Crippen LogP contribution is -2.33. The summed E-state index contributed by atoms with van der Waals surface area (Å²) < 4.78 is 7.41. The van der Waals surface area contributed by atoms with E-state index in [2.05, 4.69) is 20.7 Å². The van der Waals surface area contributed by atoms with Crippen LogP contribution in [-0.2, 0) is 4.79 Å². The standard InChI is InChI=1S/C23H19N5O3/c29-22(27-17-10-12-18(13-11-17)28-16-24-15-26-28)14-25-23(30)20-8-4-5-9-21(20)31-19-6-2-1-3-7-19/h1-13,15-16H,14H2,(H,25,30)(H,27,29). The third-order valence-electron chi connectivity index (χ3n) is 4.35. The number of carbonyl (C=O) groups is 2. The van der Waals surface area contributed by atoms with Crippen LogP contribution in [-0.4, -0.2) is 33.1 Å². The van der Waals surface area contributed by atoms with Crippen molar-refractivity contribution in [1.82, 2.24) is 20.1 Å². The normalized spacial score (nSPS) is 10.3. The SMILES string of the molecule is O=C(CNC(=O)c1ccccc1Oc1ccccc1)Nc1ccc(-n2cncn2)cc1. The van der Waals surface area contributed by atoms with Crippen LogP contribution in [0.1, 0.15) is 10.4 Å². The van der Waals surface area contributed by atoms with Crippen LogP contribution in [0.15, 0.2) is 91.5 Å². The third kappa shape index (κ3) is 5.13. The van der Waals surface area contributed by atoms with Gasteiger partial charge in [0.25, 0.3) is 5.91 Å². The first-order valence-electron chi connectivity index (χ1n) is 9.54. The summed E-state index contributed by atoms with van der Waals surface area (Å²) in [4.78, 5) is 28.8. The number of nitrogens with one attached hydrogen (secondary N) is 2. The highest BCUT2D eigenvalue weighted by molar-refractivity contribution is 6.00. The van der Waals surface area contributed by atoms with Crippen LogP contribution in [0, 0.1) is 0 Å². The fourth-order valence-corrected chi connectivity index (χ4v) is 2.86. The third-order valence-corrected chi connectivity index (χ3v) is 4.35. The number of hydrogen-bond acceptors (Lipinski definition) is 5. The summed E-state index contributed by atoms with van der Waals surface area (Å²) in [6.07, 6.45) is 3.03. The van der Waals surface area contributed by atoms with Gasteiger partial charge in [-0.1, -0.05) is 30.3 Å². The molecule has 0 spiro atoms. The molecule has 2 amide bonds. The van der Waals surface area contributed by atoms with Gasteiger partial charge in [-0.2, -0.15) is 5.10 Å². The second kappa shape index (κ2) is 9.36. The van der Waals surface area contributed by atoms with E-state index in [1.54, 1.807) is 71.7 Å². The van der Waals surface area contributed by atoms with Crippen LogP contribution in [0.25, 0.3) is 5.69 Å². The van der Waals surface area contributed by atoms with Gasteiger partial charge in [-0.05, 0) is 48.5 Å². The molecule has 4 aromatic rings. The number of aromatic nitrogens is 3. The number of carbonyl (C=O) groups excluding carboxylic acids is 2. The van der Waals surface area contributed by atoms with Crippen LogP contribution in [0.3, 0.4) is 0 Å². The molecule has 0 unspecified atom stereocenters. The van der Waals surface area contributed by atoms with E-state index in [9.17, 15) is 9.59 Å². The molecule has 8 heteroatoms. The molecule has 0 fully saturated rings. The maximum Gasteiger partial charge on any atom is 0.255 e. The summed E-state index contributed by atoms with van der Waals surface area (Å²) in [5.74, 6) is 0.289. The number of ether oxygens (including phenoxy) is 1. The van der Waals surface area contributed by atoms with Gasteiger partial charge in [0.2, 0.25) is 5.91 Å². The first-order chi connectivity index (χ1) is 15.2. The molecule has 0 bridgehead atoms. The first kappa shape index (κ1) is 19.8. The Kier molecular flexibility index (Phi) is 5.99. The van der Waals surface area contributed by atoms with Crippen LogP contribution >= 0.6 is 0 Å². The molecule has 4 rings (SSSR count). The Balaban J connectivity index is 1.34. The number of hydrogen-bond donors (Lipinski definition) is 2. The molecule has 0 saturated heterocycles. The van der Waals surface area contributed by atoms with Gasteiger partial charge in [-0.15, -0.1) is 0 Å². The number of para-hydroxylation sites is 2. The summed E-state index contributed by atoms with van der Waals surface area (Å²) >= 11 is 0. The zero-order valence-electron chi connectivity index (χ0n) is 16.4. The molecule has 0 aliphatic heterocycles. The van der Waals surface area contributed by atoms with Gasteiger partial charge in [0.15, 0.2) is 0 Å². The summed E-state index contributed by atoms with van der Waals surface area (Å²) in [5, 5.41) is 9.42. The lowest BCUT2D eigenvalue weighted by Gasteiger charge is -2.11. The minimum atomic E-state index is -0.400. The number of anilines is 1. The smallest absolute Gasteiger partial charge is 0.255 e. The Morgan fingerprint density at radius 1 is 0.903 bits per heavy atom. The van der Waals surface area contributed by atoms with Crippen molar-refractivity contribution >= 4 is 17.5 Å². The zero-order chi connectivity index (χ0) is 21.5. The van der Waals surface area contributed by atoms with Crippen molar-refractivity contribution in [2.24, 2.45) is 0 Å². The van der Waals surface area contributed by atoms with Gasteiger partial charge in [0.1, 0.15) is 24.2 Å². The second-order valence-corrected chi connectivity index (χ2v) is 6.53. The van der Waals surface area contributed by atoms with E-state index in [0.717, 1.165) is 5.69 Å². The predicted molar refractivity (Wildman–Crippen MR) is 115 cm³/mol. The Bertz CT molecular complexity index is 1160. The highest BCUT2D eigenvalue weighted by Gasteiger charge is 2.14. The zero-order valence-corrected chi connectivity index (χ0v) is 16.4. The van der Waals surface area contributed by atoms with Gasteiger partial charge >= 0.3 is 0 Å². The second-order valence-electron chi connectivity index (χ2n) is 6.53. The Labute approximate surface area is 178 Å². The summed E-state index contributed by atoms with van der Waals surface area (Å²) in [7, 11) is 0. The monoisotopic (exact) mass is 413 g/mol. The van der Waals surface area contributed by atoms with Crippen LogP contribution < -0.4 is 15.4 Å². The topological polar surface area (TPSA) is 98.1 Å². The molecule has 0 atom stereocenters. The first-order valence-corrected chi connectivity index (χ1v) is 9.54. The number of rotatable bonds is 7. The molecule has 0 saturated carbocycles. The maximum atomic E-state index is 12.6. The van der Waals surface area contributed by atoms with E-state index in [1.165, 1.54) is 6.33 Å². The number of nitrogens with zero attached hydrogens (tertiary/aromatic N) is 3. The van der Waals surface area contributed by atoms with Crippen molar-refractivity contribution in [3.63, 3.8) is 0 Å². The number of amides is 2. The Morgan fingerprint density at radius 2 is 1.65 bits per heavy atom. The molecule has 2 N–H and O–H groups in total. The molecule has 154 valence electrons. The van der Waals surface area contributed by atoms with Crippen molar-refractivity contribution in [2.45, 2.75) is 0 Å². The highest BCUT2D eigenvalue weighted by Crippen LogP contribution is 2.24. The van der Waals surface area contributed by atoms with Crippen LogP contribution in [0.2, 0.25) is 0 Å². The van der Waals surface area contributed by atoms with E-state index in [0.29, 0.717) is 22.7 Å². The van der Waals surface area contributed by atoms with Crippen molar-refractivity contribution in [1.29, 1.82) is 0 Å². The molecular weight excluding hydrogens is 394 g/mol. The minimum absolute atomic E-state index is 0.177. The van der Waals surface area contributed by atoms with Crippen molar-refractivity contribution in [2.75, 3.05) is 11.9 Å². The summed E-state index contributed by atoms with van der Waals surface area (Å²) in [6, 6.07) is 23.2. The Hall–Kier alpha value is -4.46. The van der Waals surface area contributed by atoms with E-state index in [4.69, 9.17) is 4.74 Å². The van der Waals surface area contributed by atoms with Gasteiger partial charge in [-0.3, -0.25) is 9.59 Å². The average molecular weight is 413 g/mol. The largest absolute Gasteiger partial charge is 0.457 e. The van der Waals surface area contributed by atoms with Gasteiger partial charge in [0, 0.05) is 5.69 Å². The fourth-order valence-electron chi connectivity index (χ4n) is 2.86. The summed E-state index contributed by atoms with van der Waals surface area (Å²) in [6.45, 7) is -0.177. The van der Waals surface area contributed by atoms with Crippen LogP contribution in [0.5, 0.6) is 11.5 Å². The molecule has 3 aromatic carbocycles. The lowest BCUT2D eigenvalue weighted by molar-refractivity contribution is -0.115. The number of benzene rings is 3. The maximum absolute atomic E-state index is 12.6. The predicted octanol–water partition coefficient (Wildman–Crippen LogP) is 3.43. The molecule has 0 radical (unpaired) electrons. The summed E-state index contributed by atoms with van der Waals surface area (Å²) in [5.41, 5.74) is 1.77. The molecule has 0 aliphatic carbocycles.